The summed E-state index contributed by atoms with van der Waals surface area (Å²) in [6.07, 6.45) is 4.47. The highest BCUT2D eigenvalue weighted by Crippen LogP contribution is 2.25. The minimum atomic E-state index is -0.566. The summed E-state index contributed by atoms with van der Waals surface area (Å²) >= 11 is 0. The highest BCUT2D eigenvalue weighted by molar-refractivity contribution is 6.31. The van der Waals surface area contributed by atoms with Gasteiger partial charge in [0.05, 0.1) is 26.9 Å². The Bertz CT molecular complexity index is 1090. The molecule has 7 nitrogen and oxygen atoms in total. The molecule has 0 saturated carbocycles. The largest absolute Gasteiger partial charge is 0.497 e. The summed E-state index contributed by atoms with van der Waals surface area (Å²) in [7, 11) is 4.59. The van der Waals surface area contributed by atoms with Crippen LogP contribution >= 0.6 is 0 Å². The molecule has 0 radical (unpaired) electrons. The third kappa shape index (κ3) is 5.48. The zero-order valence-corrected chi connectivity index (χ0v) is 17.4. The van der Waals surface area contributed by atoms with Gasteiger partial charge in [-0.3, -0.25) is 14.6 Å². The maximum Gasteiger partial charge on any atom is 0.259 e. The van der Waals surface area contributed by atoms with Crippen LogP contribution < -0.4 is 19.5 Å². The summed E-state index contributed by atoms with van der Waals surface area (Å²) in [5, 5.41) is 2.75. The van der Waals surface area contributed by atoms with E-state index in [0.29, 0.717) is 34.1 Å². The highest BCUT2D eigenvalue weighted by atomic mass is 16.5. The number of nitrogens with one attached hydrogen (secondary N) is 1. The standard InChI is InChI=1S/C24H22N2O5/c1-29-19-8-4-7-18(13-19)26-24(28)22(23(27)17-6-5-9-25-15-17)12-16-10-20(30-2)14-21(11-16)31-3/h4-15H,1-3H3,(H,26,28)/b22-12+. The second-order valence-electron chi connectivity index (χ2n) is 6.46. The Labute approximate surface area is 180 Å². The molecule has 2 aromatic carbocycles. The summed E-state index contributed by atoms with van der Waals surface area (Å²) in [6, 6.07) is 15.2. The smallest absolute Gasteiger partial charge is 0.259 e. The van der Waals surface area contributed by atoms with E-state index in [9.17, 15) is 9.59 Å². The number of rotatable bonds is 8. The van der Waals surface area contributed by atoms with Crippen LogP contribution in [0.5, 0.6) is 17.2 Å². The highest BCUT2D eigenvalue weighted by Gasteiger charge is 2.21. The first-order valence-corrected chi connectivity index (χ1v) is 9.39. The number of benzene rings is 2. The molecule has 0 unspecified atom stereocenters. The topological polar surface area (TPSA) is 86.8 Å². The average molecular weight is 418 g/mol. The number of aromatic nitrogens is 1. The number of carbonyl (C=O) groups is 2. The van der Waals surface area contributed by atoms with E-state index >= 15 is 0 Å². The first kappa shape index (κ1) is 21.6. The van der Waals surface area contributed by atoms with Gasteiger partial charge < -0.3 is 19.5 Å². The number of methoxy groups -OCH3 is 3. The predicted molar refractivity (Wildman–Crippen MR) is 118 cm³/mol. The van der Waals surface area contributed by atoms with Crippen LogP contribution in [0.4, 0.5) is 5.69 Å². The Morgan fingerprint density at radius 3 is 2.19 bits per heavy atom. The molecule has 3 rings (SSSR count). The first-order valence-electron chi connectivity index (χ1n) is 9.39. The average Bonchev–Trinajstić information content (AvgIpc) is 2.82. The molecule has 31 heavy (non-hydrogen) atoms. The zero-order valence-electron chi connectivity index (χ0n) is 17.4. The lowest BCUT2D eigenvalue weighted by molar-refractivity contribution is -0.112. The molecule has 0 saturated heterocycles. The van der Waals surface area contributed by atoms with Crippen molar-refractivity contribution >= 4 is 23.5 Å². The molecule has 0 bridgehead atoms. The lowest BCUT2D eigenvalue weighted by Crippen LogP contribution is -2.21. The van der Waals surface area contributed by atoms with Crippen molar-refractivity contribution in [3.63, 3.8) is 0 Å². The molecule has 1 aromatic heterocycles. The molecule has 7 heteroatoms. The molecule has 158 valence electrons. The van der Waals surface area contributed by atoms with Crippen LogP contribution in [-0.4, -0.2) is 38.0 Å². The fraction of sp³-hybridized carbons (Fsp3) is 0.125. The maximum atomic E-state index is 13.2. The van der Waals surface area contributed by atoms with Gasteiger partial charge >= 0.3 is 0 Å². The minimum absolute atomic E-state index is 0.0638. The molecule has 0 atom stereocenters. The quantitative estimate of drug-likeness (QED) is 0.257. The van der Waals surface area contributed by atoms with Crippen LogP contribution in [0.1, 0.15) is 15.9 Å². The van der Waals surface area contributed by atoms with Gasteiger partial charge in [-0.1, -0.05) is 6.07 Å². The SMILES string of the molecule is COc1cccc(NC(=O)/C(=C/c2cc(OC)cc(OC)c2)C(=O)c2cccnc2)c1. The van der Waals surface area contributed by atoms with E-state index in [1.165, 1.54) is 33.6 Å². The summed E-state index contributed by atoms with van der Waals surface area (Å²) in [5.74, 6) is 0.623. The second-order valence-corrected chi connectivity index (χ2v) is 6.46. The molecule has 0 fully saturated rings. The van der Waals surface area contributed by atoms with Crippen molar-refractivity contribution < 1.29 is 23.8 Å². The summed E-state index contributed by atoms with van der Waals surface area (Å²) in [4.78, 5) is 30.3. The number of nitrogens with zero attached hydrogens (tertiary/aromatic N) is 1. The number of carbonyl (C=O) groups excluding carboxylic acids is 2. The van der Waals surface area contributed by atoms with Crippen LogP contribution in [0.3, 0.4) is 0 Å². The van der Waals surface area contributed by atoms with Gasteiger partial charge in [-0.2, -0.15) is 0 Å². The van der Waals surface area contributed by atoms with Crippen LogP contribution in [0.2, 0.25) is 0 Å². The zero-order chi connectivity index (χ0) is 22.2. The van der Waals surface area contributed by atoms with E-state index in [2.05, 4.69) is 10.3 Å². The van der Waals surface area contributed by atoms with Gasteiger partial charge in [0.15, 0.2) is 5.78 Å². The van der Waals surface area contributed by atoms with Crippen LogP contribution in [0.15, 0.2) is 72.6 Å². The number of hydrogen-bond donors (Lipinski definition) is 1. The summed E-state index contributed by atoms with van der Waals surface area (Å²) in [6.45, 7) is 0. The van der Waals surface area contributed by atoms with Crippen molar-refractivity contribution in [1.29, 1.82) is 0 Å². The molecule has 0 aliphatic heterocycles. The van der Waals surface area contributed by atoms with Crippen molar-refractivity contribution in [2.75, 3.05) is 26.6 Å². The Kier molecular flexibility index (Phi) is 7.01. The number of ketones is 1. The van der Waals surface area contributed by atoms with Gasteiger partial charge in [0.25, 0.3) is 5.91 Å². The number of hydrogen-bond acceptors (Lipinski definition) is 6. The molecule has 0 aliphatic carbocycles. The van der Waals surface area contributed by atoms with Gasteiger partial charge in [0.2, 0.25) is 0 Å². The van der Waals surface area contributed by atoms with Gasteiger partial charge in [-0.15, -0.1) is 0 Å². The molecule has 0 spiro atoms. The lowest BCUT2D eigenvalue weighted by atomic mass is 10.0. The van der Waals surface area contributed by atoms with E-state index < -0.39 is 11.7 Å². The van der Waals surface area contributed by atoms with Gasteiger partial charge in [-0.25, -0.2) is 0 Å². The monoisotopic (exact) mass is 418 g/mol. The second kappa shape index (κ2) is 10.1. The Hall–Kier alpha value is -4.13. The van der Waals surface area contributed by atoms with E-state index in [1.807, 2.05) is 0 Å². The molecule has 1 N–H and O–H groups in total. The van der Waals surface area contributed by atoms with Gasteiger partial charge in [0, 0.05) is 35.8 Å². The van der Waals surface area contributed by atoms with Crippen molar-refractivity contribution in [2.45, 2.75) is 0 Å². The fourth-order valence-electron chi connectivity index (χ4n) is 2.87. The van der Waals surface area contributed by atoms with Crippen molar-refractivity contribution in [1.82, 2.24) is 4.98 Å². The van der Waals surface area contributed by atoms with E-state index in [1.54, 1.807) is 60.8 Å². The summed E-state index contributed by atoms with van der Waals surface area (Å²) in [5.41, 5.74) is 1.30. The van der Waals surface area contributed by atoms with Gasteiger partial charge in [-0.05, 0) is 48.0 Å². The lowest BCUT2D eigenvalue weighted by Gasteiger charge is -2.11. The normalized spacial score (nSPS) is 10.9. The number of anilines is 1. The molecule has 3 aromatic rings. The van der Waals surface area contributed by atoms with Crippen molar-refractivity contribution in [3.8, 4) is 17.2 Å². The molecular formula is C24H22N2O5. The van der Waals surface area contributed by atoms with Crippen molar-refractivity contribution in [3.05, 3.63) is 83.7 Å². The van der Waals surface area contributed by atoms with Gasteiger partial charge in [0.1, 0.15) is 17.2 Å². The molecular weight excluding hydrogens is 396 g/mol. The van der Waals surface area contributed by atoms with E-state index in [4.69, 9.17) is 14.2 Å². The third-order valence-corrected chi connectivity index (χ3v) is 4.43. The Balaban J connectivity index is 2.03. The maximum absolute atomic E-state index is 13.2. The minimum Gasteiger partial charge on any atom is -0.497 e. The number of Topliss-reactive ketones (excluding diaryl/α,β-unsaturated/α-hetero) is 1. The fourth-order valence-corrected chi connectivity index (χ4v) is 2.87. The summed E-state index contributed by atoms with van der Waals surface area (Å²) < 4.78 is 15.8. The van der Waals surface area contributed by atoms with Crippen LogP contribution in [0, 0.1) is 0 Å². The van der Waals surface area contributed by atoms with Crippen LogP contribution in [-0.2, 0) is 4.79 Å². The third-order valence-electron chi connectivity index (χ3n) is 4.43. The molecule has 0 aliphatic rings. The predicted octanol–water partition coefficient (Wildman–Crippen LogP) is 4.01. The number of pyridine rings is 1. The Morgan fingerprint density at radius 1 is 0.871 bits per heavy atom. The van der Waals surface area contributed by atoms with E-state index in [-0.39, 0.29) is 5.57 Å². The first-order chi connectivity index (χ1) is 15.0. The van der Waals surface area contributed by atoms with Crippen molar-refractivity contribution in [2.24, 2.45) is 0 Å². The molecule has 1 amide bonds. The Morgan fingerprint density at radius 2 is 1.58 bits per heavy atom. The van der Waals surface area contributed by atoms with Crippen LogP contribution in [0.25, 0.3) is 6.08 Å². The number of amides is 1. The van der Waals surface area contributed by atoms with E-state index in [0.717, 1.165) is 0 Å². The number of ether oxygens (including phenoxy) is 3. The molecule has 1 heterocycles.